The Bertz CT molecular complexity index is 1150. The summed E-state index contributed by atoms with van der Waals surface area (Å²) in [7, 11) is -1.27. The van der Waals surface area contributed by atoms with E-state index in [1.807, 2.05) is 34.6 Å². The Labute approximate surface area is 256 Å². The number of amides is 5. The minimum atomic E-state index is -1.27. The number of urea groups is 1. The van der Waals surface area contributed by atoms with Crippen LogP contribution in [-0.4, -0.2) is 81.7 Å². The smallest absolute Gasteiger partial charge is 0.315 e. The average molecular weight is 622 g/mol. The van der Waals surface area contributed by atoms with Crippen molar-refractivity contribution in [3.63, 3.8) is 0 Å². The van der Waals surface area contributed by atoms with Crippen molar-refractivity contribution in [2.24, 2.45) is 5.41 Å². The number of carbonyl (C=O) groups is 5. The molecule has 0 bridgehead atoms. The van der Waals surface area contributed by atoms with Crippen LogP contribution in [0.1, 0.15) is 72.5 Å². The average Bonchev–Trinajstić information content (AvgIpc) is 3.65. The zero-order chi connectivity index (χ0) is 32.2. The van der Waals surface area contributed by atoms with E-state index in [-0.39, 0.29) is 24.5 Å². The van der Waals surface area contributed by atoms with E-state index >= 15 is 0 Å². The van der Waals surface area contributed by atoms with Crippen molar-refractivity contribution in [3.8, 4) is 0 Å². The third-order valence-electron chi connectivity index (χ3n) is 7.17. The number of nitrogens with zero attached hydrogens (tertiary/aromatic N) is 1. The van der Waals surface area contributed by atoms with Gasteiger partial charge in [-0.2, -0.15) is 0 Å². The van der Waals surface area contributed by atoms with Gasteiger partial charge in [-0.25, -0.2) is 4.79 Å². The molecule has 43 heavy (non-hydrogen) atoms. The molecule has 5 amide bonds. The number of nitrogens with one attached hydrogen (secondary N) is 4. The zero-order valence-corrected chi connectivity index (χ0v) is 26.7. The lowest BCUT2D eigenvalue weighted by atomic mass is 9.85. The minimum Gasteiger partial charge on any atom is -0.468 e. The Hall–Kier alpha value is -3.48. The molecular weight excluding hydrogens is 574 g/mol. The van der Waals surface area contributed by atoms with Crippen LogP contribution in [0.4, 0.5) is 4.79 Å². The highest BCUT2D eigenvalue weighted by molar-refractivity contribution is 7.84. The second kappa shape index (κ2) is 17.0. The maximum Gasteiger partial charge on any atom is 0.315 e. The molecule has 2 rings (SSSR count). The second-order valence-corrected chi connectivity index (χ2v) is 13.3. The summed E-state index contributed by atoms with van der Waals surface area (Å²) in [5, 5.41) is 10.7. The molecule has 0 aliphatic carbocycles. The summed E-state index contributed by atoms with van der Waals surface area (Å²) >= 11 is 0. The summed E-state index contributed by atoms with van der Waals surface area (Å²) in [6.07, 6.45) is 5.27. The van der Waals surface area contributed by atoms with E-state index in [1.165, 1.54) is 17.2 Å². The molecule has 1 aromatic heterocycles. The van der Waals surface area contributed by atoms with Crippen molar-refractivity contribution in [2.75, 3.05) is 18.8 Å². The highest BCUT2D eigenvalue weighted by atomic mass is 32.2. The van der Waals surface area contributed by atoms with Gasteiger partial charge in [0, 0.05) is 35.7 Å². The zero-order valence-electron chi connectivity index (χ0n) is 25.9. The van der Waals surface area contributed by atoms with Gasteiger partial charge in [-0.05, 0) is 43.2 Å². The first-order chi connectivity index (χ1) is 20.3. The molecule has 0 aromatic carbocycles. The van der Waals surface area contributed by atoms with Gasteiger partial charge in [0.05, 0.1) is 18.1 Å². The minimum absolute atomic E-state index is 0.124. The molecule has 1 aliphatic heterocycles. The van der Waals surface area contributed by atoms with E-state index in [0.29, 0.717) is 38.0 Å². The molecular formula is C30H47N5O7S. The van der Waals surface area contributed by atoms with Crippen LogP contribution in [0.2, 0.25) is 0 Å². The molecule has 12 nitrogen and oxygen atoms in total. The van der Waals surface area contributed by atoms with E-state index in [0.717, 1.165) is 0 Å². The highest BCUT2D eigenvalue weighted by Gasteiger charge is 2.42. The molecule has 13 heteroatoms. The summed E-state index contributed by atoms with van der Waals surface area (Å²) in [6.45, 7) is 13.1. The quantitative estimate of drug-likeness (QED) is 0.162. The molecule has 1 fully saturated rings. The van der Waals surface area contributed by atoms with Crippen molar-refractivity contribution in [1.29, 1.82) is 0 Å². The number of ketones is 1. The van der Waals surface area contributed by atoms with Crippen molar-refractivity contribution in [2.45, 2.75) is 96.6 Å². The summed E-state index contributed by atoms with van der Waals surface area (Å²) in [4.78, 5) is 66.6. The molecule has 0 radical (unpaired) electrons. The highest BCUT2D eigenvalue weighted by Crippen LogP contribution is 2.26. The first-order valence-electron chi connectivity index (χ1n) is 14.8. The number of furan rings is 1. The van der Waals surface area contributed by atoms with E-state index in [4.69, 9.17) is 4.42 Å². The maximum atomic E-state index is 13.8. The molecule has 0 saturated carbocycles. The van der Waals surface area contributed by atoms with Gasteiger partial charge in [-0.3, -0.25) is 23.4 Å². The van der Waals surface area contributed by atoms with Gasteiger partial charge in [0.1, 0.15) is 17.8 Å². The van der Waals surface area contributed by atoms with Gasteiger partial charge in [-0.15, -0.1) is 6.58 Å². The van der Waals surface area contributed by atoms with Gasteiger partial charge >= 0.3 is 6.03 Å². The third-order valence-corrected chi connectivity index (χ3v) is 8.55. The van der Waals surface area contributed by atoms with E-state index < -0.39 is 69.9 Å². The lowest BCUT2D eigenvalue weighted by Crippen LogP contribution is -2.60. The predicted molar refractivity (Wildman–Crippen MR) is 164 cm³/mol. The Morgan fingerprint density at radius 3 is 2.47 bits per heavy atom. The van der Waals surface area contributed by atoms with Gasteiger partial charge in [0.15, 0.2) is 0 Å². The molecule has 1 aliphatic rings. The molecule has 1 saturated heterocycles. The van der Waals surface area contributed by atoms with Gasteiger partial charge in [0.25, 0.3) is 5.91 Å². The molecule has 4 N–H and O–H groups in total. The van der Waals surface area contributed by atoms with Crippen molar-refractivity contribution in [1.82, 2.24) is 26.2 Å². The SMILES string of the molecule is C=CCNC(=O)C(=O)C(CCC)NC(=O)C1CCCN1C(=O)C(NC(=O)NC(CC)CS(=O)Cc1ccco1)C(C)(C)C. The van der Waals surface area contributed by atoms with Crippen molar-refractivity contribution in [3.05, 3.63) is 36.8 Å². The first-order valence-corrected chi connectivity index (χ1v) is 16.3. The van der Waals surface area contributed by atoms with Crippen LogP contribution in [0.3, 0.4) is 0 Å². The van der Waals surface area contributed by atoms with Gasteiger partial charge < -0.3 is 30.6 Å². The lowest BCUT2D eigenvalue weighted by molar-refractivity contribution is -0.143. The fourth-order valence-corrected chi connectivity index (χ4v) is 6.18. The number of likely N-dealkylation sites (tertiary alicyclic amines) is 1. The molecule has 5 unspecified atom stereocenters. The van der Waals surface area contributed by atoms with Crippen molar-refractivity contribution >= 4 is 40.3 Å². The number of Topliss-reactive ketones (excluding diaryl/α,β-unsaturated/α-hetero) is 1. The molecule has 2 heterocycles. The summed E-state index contributed by atoms with van der Waals surface area (Å²) in [6, 6.07) is -0.342. The normalized spacial score (nSPS) is 17.7. The van der Waals surface area contributed by atoms with Crippen LogP contribution in [0.5, 0.6) is 0 Å². The Morgan fingerprint density at radius 2 is 1.88 bits per heavy atom. The van der Waals surface area contributed by atoms with Crippen molar-refractivity contribution < 1.29 is 32.6 Å². The van der Waals surface area contributed by atoms with Crippen LogP contribution in [0.15, 0.2) is 35.5 Å². The molecule has 240 valence electrons. The third kappa shape index (κ3) is 10.9. The summed E-state index contributed by atoms with van der Waals surface area (Å²) in [5.74, 6) is -1.45. The number of hydrogen-bond acceptors (Lipinski definition) is 7. The summed E-state index contributed by atoms with van der Waals surface area (Å²) < 4.78 is 17.9. The Morgan fingerprint density at radius 1 is 1.16 bits per heavy atom. The summed E-state index contributed by atoms with van der Waals surface area (Å²) in [5.41, 5.74) is -0.703. The monoisotopic (exact) mass is 621 g/mol. The second-order valence-electron chi connectivity index (χ2n) is 11.8. The van der Waals surface area contributed by atoms with Crippen LogP contribution in [0, 0.1) is 5.41 Å². The largest absolute Gasteiger partial charge is 0.468 e. The molecule has 1 aromatic rings. The standard InChI is InChI=1S/C30H47N5O7S/c1-7-12-22(24(36)27(38)31-15-8-2)33-26(37)23-14-10-16-35(23)28(39)25(30(4,5)6)34-29(40)32-20(9-3)18-43(41)19-21-13-11-17-42-21/h8,11,13,17,20,22-23,25H,2,7,9-10,12,14-16,18-19H2,1,3-6H3,(H,31,38)(H,33,37)(H2,32,34,40). The Balaban J connectivity index is 2.09. The van der Waals surface area contributed by atoms with Crippen LogP contribution in [-0.2, 0) is 35.7 Å². The number of carbonyl (C=O) groups excluding carboxylic acids is 5. The van der Waals surface area contributed by atoms with Crippen LogP contribution in [0.25, 0.3) is 0 Å². The molecule has 0 spiro atoms. The van der Waals surface area contributed by atoms with Crippen LogP contribution < -0.4 is 21.3 Å². The lowest BCUT2D eigenvalue weighted by Gasteiger charge is -2.36. The topological polar surface area (TPSA) is 167 Å². The van der Waals surface area contributed by atoms with Gasteiger partial charge in [-0.1, -0.05) is 47.1 Å². The predicted octanol–water partition coefficient (Wildman–Crippen LogP) is 2.17. The van der Waals surface area contributed by atoms with Gasteiger partial charge in [0.2, 0.25) is 17.6 Å². The van der Waals surface area contributed by atoms with Crippen LogP contribution >= 0.6 is 0 Å². The van der Waals surface area contributed by atoms with E-state index in [9.17, 15) is 28.2 Å². The first kappa shape index (κ1) is 35.7. The molecule has 5 atom stereocenters. The fraction of sp³-hybridized carbons (Fsp3) is 0.633. The fourth-order valence-electron chi connectivity index (χ4n) is 4.81. The van der Waals surface area contributed by atoms with E-state index in [2.05, 4.69) is 27.8 Å². The number of rotatable bonds is 16. The maximum absolute atomic E-state index is 13.8. The van der Waals surface area contributed by atoms with E-state index in [1.54, 1.807) is 12.1 Å². The Kier molecular flexibility index (Phi) is 14.1. The number of hydrogen-bond donors (Lipinski definition) is 4.